The van der Waals surface area contributed by atoms with Crippen LogP contribution < -0.4 is 0 Å². The van der Waals surface area contributed by atoms with Gasteiger partial charge in [0.2, 0.25) is 0 Å². The van der Waals surface area contributed by atoms with E-state index < -0.39 is 0 Å². The zero-order chi connectivity index (χ0) is 9.84. The monoisotopic (exact) mass is 179 g/mol. The van der Waals surface area contributed by atoms with E-state index in [1.807, 2.05) is 4.90 Å². The molecule has 0 spiro atoms. The Morgan fingerprint density at radius 1 is 1.54 bits per heavy atom. The predicted molar refractivity (Wildman–Crippen MR) is 53.0 cm³/mol. The molecule has 1 amide bonds. The highest BCUT2D eigenvalue weighted by Crippen LogP contribution is 2.23. The van der Waals surface area contributed by atoms with Gasteiger partial charge in [-0.3, -0.25) is 4.79 Å². The largest absolute Gasteiger partial charge is 0.329 e. The van der Waals surface area contributed by atoms with Crippen LogP contribution in [-0.2, 0) is 4.79 Å². The van der Waals surface area contributed by atoms with E-state index in [0.717, 1.165) is 19.4 Å². The summed E-state index contributed by atoms with van der Waals surface area (Å²) in [5.41, 5.74) is 0. The molecule has 1 aliphatic rings. The van der Waals surface area contributed by atoms with Gasteiger partial charge in [-0.2, -0.15) is 0 Å². The summed E-state index contributed by atoms with van der Waals surface area (Å²) in [7, 11) is 0. The van der Waals surface area contributed by atoms with Crippen molar-refractivity contribution in [1.29, 1.82) is 0 Å². The molecule has 0 aromatic heterocycles. The lowest BCUT2D eigenvalue weighted by molar-refractivity contribution is -0.126. The van der Waals surface area contributed by atoms with Crippen LogP contribution in [0.15, 0.2) is 0 Å². The van der Waals surface area contributed by atoms with E-state index in [1.165, 1.54) is 0 Å². The van der Waals surface area contributed by atoms with Crippen LogP contribution in [0.25, 0.3) is 0 Å². The fourth-order valence-corrected chi connectivity index (χ4v) is 1.92. The first-order valence-corrected chi connectivity index (χ1v) is 4.90. The van der Waals surface area contributed by atoms with Crippen molar-refractivity contribution < 1.29 is 4.79 Å². The zero-order valence-electron chi connectivity index (χ0n) is 8.63. The first-order valence-electron chi connectivity index (χ1n) is 4.90. The van der Waals surface area contributed by atoms with Gasteiger partial charge in [0.05, 0.1) is 0 Å². The van der Waals surface area contributed by atoms with Gasteiger partial charge < -0.3 is 4.90 Å². The van der Waals surface area contributed by atoms with Crippen molar-refractivity contribution >= 4 is 5.91 Å². The summed E-state index contributed by atoms with van der Waals surface area (Å²) < 4.78 is 0. The summed E-state index contributed by atoms with van der Waals surface area (Å²) in [4.78, 5) is 13.4. The number of carbonyl (C=O) groups excluding carboxylic acids is 1. The Bertz CT molecular complexity index is 247. The van der Waals surface area contributed by atoms with Gasteiger partial charge >= 0.3 is 0 Å². The summed E-state index contributed by atoms with van der Waals surface area (Å²) in [6.07, 6.45) is 2.26. The van der Waals surface area contributed by atoms with Crippen LogP contribution >= 0.6 is 0 Å². The Kier molecular flexibility index (Phi) is 3.36. The van der Waals surface area contributed by atoms with Crippen LogP contribution in [0, 0.1) is 17.8 Å². The highest BCUT2D eigenvalue weighted by Gasteiger charge is 2.29. The third kappa shape index (κ3) is 2.24. The van der Waals surface area contributed by atoms with Gasteiger partial charge in [0.1, 0.15) is 0 Å². The molecule has 2 heteroatoms. The molecule has 72 valence electrons. The molecular weight excluding hydrogens is 162 g/mol. The summed E-state index contributed by atoms with van der Waals surface area (Å²) in [5.74, 6) is 5.82. The zero-order valence-corrected chi connectivity index (χ0v) is 8.63. The van der Waals surface area contributed by atoms with Crippen molar-refractivity contribution in [3.05, 3.63) is 0 Å². The van der Waals surface area contributed by atoms with Crippen molar-refractivity contribution in [1.82, 2.24) is 4.90 Å². The second-order valence-corrected chi connectivity index (χ2v) is 3.83. The Morgan fingerprint density at radius 2 is 2.23 bits per heavy atom. The van der Waals surface area contributed by atoms with E-state index >= 15 is 0 Å². The van der Waals surface area contributed by atoms with E-state index in [2.05, 4.69) is 25.7 Å². The minimum absolute atomic E-state index is 0.00120. The highest BCUT2D eigenvalue weighted by molar-refractivity contribution is 5.93. The van der Waals surface area contributed by atoms with Crippen molar-refractivity contribution in [2.75, 3.05) is 6.54 Å². The van der Waals surface area contributed by atoms with E-state index in [-0.39, 0.29) is 5.91 Å². The van der Waals surface area contributed by atoms with Crippen LogP contribution in [-0.4, -0.2) is 23.4 Å². The molecule has 1 heterocycles. The van der Waals surface area contributed by atoms with Gasteiger partial charge in [-0.25, -0.2) is 0 Å². The fraction of sp³-hybridized carbons (Fsp3) is 0.727. The molecular formula is C11H17NO. The number of carbonyl (C=O) groups is 1. The highest BCUT2D eigenvalue weighted by atomic mass is 16.2. The van der Waals surface area contributed by atoms with E-state index in [1.54, 1.807) is 6.92 Å². The summed E-state index contributed by atoms with van der Waals surface area (Å²) >= 11 is 0. The maximum atomic E-state index is 11.5. The SMILES string of the molecule is CC#CC(=O)N1CCC[C@@H]1C(C)C. The number of hydrogen-bond acceptors (Lipinski definition) is 1. The van der Waals surface area contributed by atoms with Gasteiger partial charge in [0.25, 0.3) is 5.91 Å². The Balaban J connectivity index is 2.66. The maximum Gasteiger partial charge on any atom is 0.298 e. The van der Waals surface area contributed by atoms with Gasteiger partial charge in [0, 0.05) is 12.6 Å². The molecule has 0 aromatic carbocycles. The van der Waals surface area contributed by atoms with E-state index in [9.17, 15) is 4.79 Å². The average Bonchev–Trinajstić information content (AvgIpc) is 2.52. The Morgan fingerprint density at radius 3 is 2.77 bits per heavy atom. The molecule has 0 unspecified atom stereocenters. The molecule has 0 saturated carbocycles. The number of nitrogens with zero attached hydrogens (tertiary/aromatic N) is 1. The fourth-order valence-electron chi connectivity index (χ4n) is 1.92. The van der Waals surface area contributed by atoms with Crippen LogP contribution in [0.4, 0.5) is 0 Å². The van der Waals surface area contributed by atoms with Gasteiger partial charge in [-0.1, -0.05) is 19.8 Å². The maximum absolute atomic E-state index is 11.5. The molecule has 1 aliphatic heterocycles. The normalized spacial score (nSPS) is 21.5. The number of amides is 1. The molecule has 0 N–H and O–H groups in total. The third-order valence-electron chi connectivity index (χ3n) is 2.56. The Labute approximate surface area is 80.3 Å². The smallest absolute Gasteiger partial charge is 0.298 e. The van der Waals surface area contributed by atoms with E-state index in [4.69, 9.17) is 0 Å². The second-order valence-electron chi connectivity index (χ2n) is 3.83. The molecule has 0 aliphatic carbocycles. The first-order chi connectivity index (χ1) is 6.16. The molecule has 0 aromatic rings. The molecule has 0 radical (unpaired) electrons. The number of likely N-dealkylation sites (tertiary alicyclic amines) is 1. The minimum atomic E-state index is -0.00120. The summed E-state index contributed by atoms with van der Waals surface area (Å²) in [6, 6.07) is 0.411. The van der Waals surface area contributed by atoms with Crippen LogP contribution in [0.2, 0.25) is 0 Å². The van der Waals surface area contributed by atoms with Crippen molar-refractivity contribution in [2.45, 2.75) is 39.7 Å². The van der Waals surface area contributed by atoms with Crippen LogP contribution in [0.5, 0.6) is 0 Å². The molecule has 1 saturated heterocycles. The standard InChI is InChI=1S/C11H17NO/c1-4-6-11(13)12-8-5-7-10(12)9(2)3/h9-10H,5,7-8H2,1-3H3/t10-/m1/s1. The molecule has 1 atom stereocenters. The number of rotatable bonds is 1. The lowest BCUT2D eigenvalue weighted by Crippen LogP contribution is -2.37. The van der Waals surface area contributed by atoms with Gasteiger partial charge in [-0.05, 0) is 31.6 Å². The third-order valence-corrected chi connectivity index (χ3v) is 2.56. The predicted octanol–water partition coefficient (Wildman–Crippen LogP) is 1.66. The van der Waals surface area contributed by atoms with Crippen molar-refractivity contribution in [3.63, 3.8) is 0 Å². The topological polar surface area (TPSA) is 20.3 Å². The van der Waals surface area contributed by atoms with E-state index in [0.29, 0.717) is 12.0 Å². The average molecular weight is 179 g/mol. The minimum Gasteiger partial charge on any atom is -0.329 e. The molecule has 2 nitrogen and oxygen atoms in total. The molecule has 1 fully saturated rings. The second kappa shape index (κ2) is 4.32. The van der Waals surface area contributed by atoms with Gasteiger partial charge in [-0.15, -0.1) is 0 Å². The van der Waals surface area contributed by atoms with Gasteiger partial charge in [0.15, 0.2) is 0 Å². The lowest BCUT2D eigenvalue weighted by Gasteiger charge is -2.25. The Hall–Kier alpha value is -0.970. The molecule has 0 bridgehead atoms. The van der Waals surface area contributed by atoms with Crippen molar-refractivity contribution in [3.8, 4) is 11.8 Å². The molecule has 1 rings (SSSR count). The summed E-state index contributed by atoms with van der Waals surface area (Å²) in [6.45, 7) is 6.92. The molecule has 13 heavy (non-hydrogen) atoms. The number of hydrogen-bond donors (Lipinski definition) is 0. The quantitative estimate of drug-likeness (QED) is 0.560. The summed E-state index contributed by atoms with van der Waals surface area (Å²) in [5, 5.41) is 0. The first kappa shape index (κ1) is 10.1. The van der Waals surface area contributed by atoms with Crippen LogP contribution in [0.1, 0.15) is 33.6 Å². The van der Waals surface area contributed by atoms with Crippen molar-refractivity contribution in [2.24, 2.45) is 5.92 Å². The lowest BCUT2D eigenvalue weighted by atomic mass is 10.0. The van der Waals surface area contributed by atoms with Crippen LogP contribution in [0.3, 0.4) is 0 Å².